The van der Waals surface area contributed by atoms with E-state index in [9.17, 15) is 14.7 Å². The van der Waals surface area contributed by atoms with Gasteiger partial charge in [0.2, 0.25) is 0 Å². The zero-order valence-corrected chi connectivity index (χ0v) is 12.7. The first kappa shape index (κ1) is 16.0. The van der Waals surface area contributed by atoms with Crippen LogP contribution in [-0.4, -0.2) is 34.6 Å². The molecule has 1 aromatic rings. The minimum absolute atomic E-state index is 0.0547. The molecule has 2 amide bonds. The largest absolute Gasteiger partial charge is 0.478 e. The van der Waals surface area contributed by atoms with E-state index in [1.807, 2.05) is 33.8 Å². The van der Waals surface area contributed by atoms with Crippen molar-refractivity contribution in [3.8, 4) is 0 Å². The van der Waals surface area contributed by atoms with Gasteiger partial charge in [0.25, 0.3) is 0 Å². The molecular weight excluding hydrogens is 256 g/mol. The van der Waals surface area contributed by atoms with E-state index in [1.54, 1.807) is 17.9 Å². The molecule has 0 radical (unpaired) electrons. The molecule has 110 valence electrons. The van der Waals surface area contributed by atoms with Crippen LogP contribution in [0.5, 0.6) is 0 Å². The number of carboxylic acid groups (broad SMARTS) is 1. The third-order valence-corrected chi connectivity index (χ3v) is 3.17. The molecule has 2 N–H and O–H groups in total. The lowest BCUT2D eigenvalue weighted by Gasteiger charge is -2.26. The van der Waals surface area contributed by atoms with Crippen LogP contribution < -0.4 is 5.32 Å². The van der Waals surface area contributed by atoms with E-state index in [4.69, 9.17) is 0 Å². The maximum absolute atomic E-state index is 12.2. The topological polar surface area (TPSA) is 69.6 Å². The van der Waals surface area contributed by atoms with Crippen LogP contribution in [0.15, 0.2) is 12.1 Å². The smallest absolute Gasteiger partial charge is 0.337 e. The number of carbonyl (C=O) groups excluding carboxylic acids is 1. The van der Waals surface area contributed by atoms with Crippen molar-refractivity contribution in [2.75, 3.05) is 11.9 Å². The number of hydrogen-bond donors (Lipinski definition) is 2. The molecule has 0 saturated heterocycles. The van der Waals surface area contributed by atoms with Gasteiger partial charge in [-0.05, 0) is 51.8 Å². The normalized spacial score (nSPS) is 10.5. The Hall–Kier alpha value is -2.04. The quantitative estimate of drug-likeness (QED) is 0.888. The van der Waals surface area contributed by atoms with E-state index in [0.29, 0.717) is 12.2 Å². The lowest BCUT2D eigenvalue weighted by atomic mass is 10.0. The summed E-state index contributed by atoms with van der Waals surface area (Å²) in [5.74, 6) is -1.04. The summed E-state index contributed by atoms with van der Waals surface area (Å²) < 4.78 is 0. The summed E-state index contributed by atoms with van der Waals surface area (Å²) >= 11 is 0. The first-order valence-corrected chi connectivity index (χ1v) is 6.70. The monoisotopic (exact) mass is 278 g/mol. The number of benzene rings is 1. The molecule has 0 bridgehead atoms. The van der Waals surface area contributed by atoms with E-state index in [2.05, 4.69) is 5.32 Å². The second-order valence-corrected chi connectivity index (χ2v) is 5.12. The predicted octanol–water partition coefficient (Wildman–Crippen LogP) is 3.26. The number of anilines is 1. The molecule has 0 aliphatic rings. The number of nitrogens with zero attached hydrogens (tertiary/aromatic N) is 1. The first-order valence-electron chi connectivity index (χ1n) is 6.70. The first-order chi connectivity index (χ1) is 9.27. The summed E-state index contributed by atoms with van der Waals surface area (Å²) in [4.78, 5) is 25.2. The van der Waals surface area contributed by atoms with Crippen molar-refractivity contribution in [3.05, 3.63) is 28.8 Å². The maximum atomic E-state index is 12.2. The zero-order chi connectivity index (χ0) is 15.4. The molecule has 0 aromatic heterocycles. The van der Waals surface area contributed by atoms with Crippen molar-refractivity contribution in [2.45, 2.75) is 40.7 Å². The number of amides is 2. The Morgan fingerprint density at radius 3 is 2.35 bits per heavy atom. The average molecular weight is 278 g/mol. The van der Waals surface area contributed by atoms with Crippen LogP contribution in [0.4, 0.5) is 10.5 Å². The SMILES string of the molecule is CCN(C(=O)Nc1c(C)cc(C)cc1C(=O)O)C(C)C. The average Bonchev–Trinajstić information content (AvgIpc) is 2.32. The summed E-state index contributed by atoms with van der Waals surface area (Å²) in [6.07, 6.45) is 0. The number of hydrogen-bond acceptors (Lipinski definition) is 2. The van der Waals surface area contributed by atoms with E-state index in [0.717, 1.165) is 11.1 Å². The molecule has 0 aliphatic heterocycles. The van der Waals surface area contributed by atoms with E-state index in [-0.39, 0.29) is 17.6 Å². The molecule has 0 aliphatic carbocycles. The summed E-state index contributed by atoms with van der Waals surface area (Å²) in [6.45, 7) is 9.92. The van der Waals surface area contributed by atoms with Gasteiger partial charge in [-0.2, -0.15) is 0 Å². The van der Waals surface area contributed by atoms with Crippen molar-refractivity contribution < 1.29 is 14.7 Å². The minimum atomic E-state index is -1.04. The number of urea groups is 1. The van der Waals surface area contributed by atoms with Crippen LogP contribution in [0.2, 0.25) is 0 Å². The number of carboxylic acids is 1. The van der Waals surface area contributed by atoms with Gasteiger partial charge in [0.05, 0.1) is 11.3 Å². The fourth-order valence-corrected chi connectivity index (χ4v) is 2.22. The molecule has 0 fully saturated rings. The van der Waals surface area contributed by atoms with Gasteiger partial charge in [0.15, 0.2) is 0 Å². The second kappa shape index (κ2) is 6.41. The predicted molar refractivity (Wildman–Crippen MR) is 79.4 cm³/mol. The van der Waals surface area contributed by atoms with E-state index in [1.165, 1.54) is 0 Å². The Balaban J connectivity index is 3.15. The maximum Gasteiger partial charge on any atom is 0.337 e. The van der Waals surface area contributed by atoms with Crippen LogP contribution >= 0.6 is 0 Å². The lowest BCUT2D eigenvalue weighted by molar-refractivity contribution is 0.0698. The van der Waals surface area contributed by atoms with Crippen LogP contribution in [0.1, 0.15) is 42.3 Å². The third kappa shape index (κ3) is 3.50. The molecule has 20 heavy (non-hydrogen) atoms. The zero-order valence-electron chi connectivity index (χ0n) is 12.7. The Bertz CT molecular complexity index is 524. The fraction of sp³-hybridized carbons (Fsp3) is 0.467. The van der Waals surface area contributed by atoms with Gasteiger partial charge >= 0.3 is 12.0 Å². The van der Waals surface area contributed by atoms with E-state index >= 15 is 0 Å². The Morgan fingerprint density at radius 2 is 1.90 bits per heavy atom. The molecule has 0 atom stereocenters. The van der Waals surface area contributed by atoms with Gasteiger partial charge in [-0.25, -0.2) is 9.59 Å². The number of carbonyl (C=O) groups is 2. The van der Waals surface area contributed by atoms with Gasteiger partial charge in [-0.3, -0.25) is 0 Å². The summed E-state index contributed by atoms with van der Waals surface area (Å²) in [5, 5.41) is 12.0. The number of nitrogens with one attached hydrogen (secondary N) is 1. The molecule has 1 aromatic carbocycles. The van der Waals surface area contributed by atoms with Gasteiger partial charge in [0.1, 0.15) is 0 Å². The van der Waals surface area contributed by atoms with Crippen LogP contribution in [0, 0.1) is 13.8 Å². The van der Waals surface area contributed by atoms with Gasteiger partial charge in [-0.1, -0.05) is 6.07 Å². The fourth-order valence-electron chi connectivity index (χ4n) is 2.22. The number of aryl methyl sites for hydroxylation is 2. The van der Waals surface area contributed by atoms with Crippen LogP contribution in [0.3, 0.4) is 0 Å². The van der Waals surface area contributed by atoms with E-state index < -0.39 is 5.97 Å². The standard InChI is InChI=1S/C15H22N2O3/c1-6-17(9(2)3)15(20)16-13-11(5)7-10(4)8-12(13)14(18)19/h7-9H,6H2,1-5H3,(H,16,20)(H,18,19). The molecule has 0 spiro atoms. The van der Waals surface area contributed by atoms with Gasteiger partial charge < -0.3 is 15.3 Å². The van der Waals surface area contributed by atoms with Gasteiger partial charge in [0, 0.05) is 12.6 Å². The molecule has 5 nitrogen and oxygen atoms in total. The highest BCUT2D eigenvalue weighted by Gasteiger charge is 2.20. The highest BCUT2D eigenvalue weighted by atomic mass is 16.4. The number of rotatable bonds is 4. The molecule has 1 rings (SSSR count). The summed E-state index contributed by atoms with van der Waals surface area (Å²) in [7, 11) is 0. The second-order valence-electron chi connectivity index (χ2n) is 5.12. The van der Waals surface area contributed by atoms with Crippen molar-refractivity contribution in [1.29, 1.82) is 0 Å². The Labute approximate surface area is 119 Å². The minimum Gasteiger partial charge on any atom is -0.478 e. The van der Waals surface area contributed by atoms with Crippen LogP contribution in [0.25, 0.3) is 0 Å². The van der Waals surface area contributed by atoms with Crippen molar-refractivity contribution in [3.63, 3.8) is 0 Å². The van der Waals surface area contributed by atoms with Crippen molar-refractivity contribution in [2.24, 2.45) is 0 Å². The molecule has 5 heteroatoms. The number of aromatic carboxylic acids is 1. The summed E-state index contributed by atoms with van der Waals surface area (Å²) in [6, 6.07) is 3.20. The highest BCUT2D eigenvalue weighted by molar-refractivity contribution is 6.01. The lowest BCUT2D eigenvalue weighted by Crippen LogP contribution is -2.40. The third-order valence-electron chi connectivity index (χ3n) is 3.17. The van der Waals surface area contributed by atoms with Gasteiger partial charge in [-0.15, -0.1) is 0 Å². The molecular formula is C15H22N2O3. The molecule has 0 saturated carbocycles. The summed E-state index contributed by atoms with van der Waals surface area (Å²) in [5.41, 5.74) is 2.09. The van der Waals surface area contributed by atoms with Crippen molar-refractivity contribution >= 4 is 17.7 Å². The Morgan fingerprint density at radius 1 is 1.30 bits per heavy atom. The molecule has 0 heterocycles. The molecule has 0 unspecified atom stereocenters. The highest BCUT2D eigenvalue weighted by Crippen LogP contribution is 2.23. The van der Waals surface area contributed by atoms with Crippen molar-refractivity contribution in [1.82, 2.24) is 4.90 Å². The van der Waals surface area contributed by atoms with Crippen LogP contribution in [-0.2, 0) is 0 Å². The Kier molecular flexibility index (Phi) is 5.13.